The summed E-state index contributed by atoms with van der Waals surface area (Å²) in [5, 5.41) is 4.85. The summed E-state index contributed by atoms with van der Waals surface area (Å²) < 4.78 is 37.3. The van der Waals surface area contributed by atoms with Gasteiger partial charge in [-0.15, -0.1) is 11.3 Å². The number of hydrogen-bond donors (Lipinski definition) is 1. The number of nitrogens with one attached hydrogen (secondary N) is 1. The fourth-order valence-corrected chi connectivity index (χ4v) is 2.55. The summed E-state index contributed by atoms with van der Waals surface area (Å²) in [6.45, 7) is 2.46. The summed E-state index contributed by atoms with van der Waals surface area (Å²) in [6, 6.07) is 2.85. The second-order valence-corrected chi connectivity index (χ2v) is 5.34. The summed E-state index contributed by atoms with van der Waals surface area (Å²) in [6.07, 6.45) is -3.66. The Labute approximate surface area is 117 Å². The second-order valence-electron chi connectivity index (χ2n) is 3.93. The van der Waals surface area contributed by atoms with E-state index in [-0.39, 0.29) is 10.8 Å². The average molecular weight is 307 g/mol. The zero-order valence-electron chi connectivity index (χ0n) is 9.88. The lowest BCUT2D eigenvalue weighted by atomic mass is 10.2. The highest BCUT2D eigenvalue weighted by atomic mass is 35.5. The van der Waals surface area contributed by atoms with E-state index in [1.807, 2.05) is 18.4 Å². The molecule has 0 unspecified atom stereocenters. The Kier molecular flexibility index (Phi) is 4.01. The molecule has 0 radical (unpaired) electrons. The molecule has 0 fully saturated rings. The molecular weight excluding hydrogens is 297 g/mol. The van der Waals surface area contributed by atoms with Gasteiger partial charge in [-0.2, -0.15) is 13.2 Å². The maximum atomic E-state index is 12.4. The number of rotatable bonds is 3. The topological polar surface area (TPSA) is 24.9 Å². The first-order chi connectivity index (χ1) is 8.88. The standard InChI is InChI=1S/C12H10ClF3N2S/c1-7-2-3-19-10(7)6-18-11-9(13)4-8(5-17-11)12(14,15)16/h2-5H,6H2,1H3,(H,17,18). The van der Waals surface area contributed by atoms with Gasteiger partial charge in [0.2, 0.25) is 0 Å². The van der Waals surface area contributed by atoms with Crippen LogP contribution in [0.25, 0.3) is 0 Å². The molecule has 0 spiro atoms. The molecule has 0 aliphatic carbocycles. The summed E-state index contributed by atoms with van der Waals surface area (Å²) in [7, 11) is 0. The monoisotopic (exact) mass is 306 g/mol. The molecule has 2 heterocycles. The molecule has 0 amide bonds. The number of aromatic nitrogens is 1. The highest BCUT2D eigenvalue weighted by Crippen LogP contribution is 2.32. The van der Waals surface area contributed by atoms with Gasteiger partial charge in [0, 0.05) is 11.1 Å². The Hall–Kier alpha value is -1.27. The molecule has 0 aromatic carbocycles. The zero-order valence-corrected chi connectivity index (χ0v) is 11.5. The number of halogens is 4. The van der Waals surface area contributed by atoms with Crippen molar-refractivity contribution >= 4 is 28.8 Å². The van der Waals surface area contributed by atoms with Gasteiger partial charge in [0.05, 0.1) is 17.1 Å². The fraction of sp³-hybridized carbons (Fsp3) is 0.250. The van der Waals surface area contributed by atoms with Crippen molar-refractivity contribution in [2.75, 3.05) is 5.32 Å². The highest BCUT2D eigenvalue weighted by molar-refractivity contribution is 7.10. The lowest BCUT2D eigenvalue weighted by Gasteiger charge is -2.10. The van der Waals surface area contributed by atoms with E-state index in [4.69, 9.17) is 11.6 Å². The number of aryl methyl sites for hydroxylation is 1. The summed E-state index contributed by atoms with van der Waals surface area (Å²) in [5.41, 5.74) is 0.274. The number of pyridine rings is 1. The Balaban J connectivity index is 2.12. The molecule has 19 heavy (non-hydrogen) atoms. The van der Waals surface area contributed by atoms with Crippen molar-refractivity contribution in [3.8, 4) is 0 Å². The van der Waals surface area contributed by atoms with Gasteiger partial charge in [-0.25, -0.2) is 4.98 Å². The van der Waals surface area contributed by atoms with Crippen LogP contribution in [0.3, 0.4) is 0 Å². The quantitative estimate of drug-likeness (QED) is 0.886. The van der Waals surface area contributed by atoms with Crippen molar-refractivity contribution in [1.82, 2.24) is 4.98 Å². The van der Waals surface area contributed by atoms with Crippen LogP contribution in [0.15, 0.2) is 23.7 Å². The maximum absolute atomic E-state index is 12.4. The molecule has 7 heteroatoms. The van der Waals surface area contributed by atoms with Crippen LogP contribution < -0.4 is 5.32 Å². The molecule has 0 aliphatic heterocycles. The molecule has 2 nitrogen and oxygen atoms in total. The number of hydrogen-bond acceptors (Lipinski definition) is 3. The van der Waals surface area contributed by atoms with E-state index in [0.29, 0.717) is 6.54 Å². The molecule has 1 N–H and O–H groups in total. The van der Waals surface area contributed by atoms with E-state index >= 15 is 0 Å². The van der Waals surface area contributed by atoms with Gasteiger partial charge in [0.15, 0.2) is 0 Å². The van der Waals surface area contributed by atoms with E-state index in [0.717, 1.165) is 22.7 Å². The Bertz CT molecular complexity index is 581. The van der Waals surface area contributed by atoms with Gasteiger partial charge < -0.3 is 5.32 Å². The molecule has 0 aliphatic rings. The first kappa shape index (κ1) is 14.1. The first-order valence-corrected chi connectivity index (χ1v) is 6.63. The number of nitrogens with zero attached hydrogens (tertiary/aromatic N) is 1. The number of anilines is 1. The van der Waals surface area contributed by atoms with E-state index in [1.165, 1.54) is 0 Å². The second kappa shape index (κ2) is 5.38. The van der Waals surface area contributed by atoms with Crippen LogP contribution in [0.1, 0.15) is 16.0 Å². The minimum atomic E-state index is -4.43. The maximum Gasteiger partial charge on any atom is 0.417 e. The van der Waals surface area contributed by atoms with Crippen LogP contribution in [0.5, 0.6) is 0 Å². The highest BCUT2D eigenvalue weighted by Gasteiger charge is 2.31. The molecule has 2 rings (SSSR count). The van der Waals surface area contributed by atoms with Crippen molar-refractivity contribution in [3.63, 3.8) is 0 Å². The molecule has 0 saturated carbocycles. The van der Waals surface area contributed by atoms with E-state index in [9.17, 15) is 13.2 Å². The van der Waals surface area contributed by atoms with Crippen LogP contribution in [0.4, 0.5) is 19.0 Å². The molecule has 2 aromatic heterocycles. The summed E-state index contributed by atoms with van der Waals surface area (Å²) in [5.74, 6) is 0.252. The minimum absolute atomic E-state index is 0.0379. The third-order valence-corrected chi connectivity index (χ3v) is 3.86. The third kappa shape index (κ3) is 3.39. The first-order valence-electron chi connectivity index (χ1n) is 5.37. The van der Waals surface area contributed by atoms with Crippen molar-refractivity contribution in [3.05, 3.63) is 44.7 Å². The number of alkyl halides is 3. The lowest BCUT2D eigenvalue weighted by Crippen LogP contribution is -2.07. The largest absolute Gasteiger partial charge is 0.417 e. The van der Waals surface area contributed by atoms with Gasteiger partial charge in [-0.3, -0.25) is 0 Å². The lowest BCUT2D eigenvalue weighted by molar-refractivity contribution is -0.137. The Morgan fingerprint density at radius 2 is 2.16 bits per heavy atom. The van der Waals surface area contributed by atoms with Gasteiger partial charge >= 0.3 is 6.18 Å². The molecule has 2 aromatic rings. The molecule has 0 atom stereocenters. The van der Waals surface area contributed by atoms with Crippen LogP contribution in [-0.2, 0) is 12.7 Å². The molecule has 0 saturated heterocycles. The zero-order chi connectivity index (χ0) is 14.0. The van der Waals surface area contributed by atoms with Crippen LogP contribution in [0, 0.1) is 6.92 Å². The molecule has 102 valence electrons. The van der Waals surface area contributed by atoms with Gasteiger partial charge in [-0.05, 0) is 30.0 Å². The van der Waals surface area contributed by atoms with Crippen LogP contribution in [-0.4, -0.2) is 4.98 Å². The predicted molar refractivity (Wildman–Crippen MR) is 70.6 cm³/mol. The Morgan fingerprint density at radius 3 is 2.68 bits per heavy atom. The van der Waals surface area contributed by atoms with Crippen molar-refractivity contribution in [2.45, 2.75) is 19.6 Å². The van der Waals surface area contributed by atoms with E-state index < -0.39 is 11.7 Å². The van der Waals surface area contributed by atoms with Gasteiger partial charge in [0.25, 0.3) is 0 Å². The van der Waals surface area contributed by atoms with Gasteiger partial charge in [0.1, 0.15) is 5.82 Å². The fourth-order valence-electron chi connectivity index (χ4n) is 1.47. The van der Waals surface area contributed by atoms with Crippen LogP contribution >= 0.6 is 22.9 Å². The SMILES string of the molecule is Cc1ccsc1CNc1ncc(C(F)(F)F)cc1Cl. The van der Waals surface area contributed by atoms with Crippen molar-refractivity contribution < 1.29 is 13.2 Å². The third-order valence-electron chi connectivity index (χ3n) is 2.55. The number of thiophene rings is 1. The van der Waals surface area contributed by atoms with Crippen LogP contribution in [0.2, 0.25) is 5.02 Å². The van der Waals surface area contributed by atoms with Crippen molar-refractivity contribution in [1.29, 1.82) is 0 Å². The predicted octanol–water partition coefficient (Wildman–Crippen LogP) is 4.74. The summed E-state index contributed by atoms with van der Waals surface area (Å²) >= 11 is 7.36. The minimum Gasteiger partial charge on any atom is -0.364 e. The summed E-state index contributed by atoms with van der Waals surface area (Å²) in [4.78, 5) is 4.81. The normalized spacial score (nSPS) is 11.6. The molecule has 0 bridgehead atoms. The smallest absolute Gasteiger partial charge is 0.364 e. The Morgan fingerprint density at radius 1 is 1.42 bits per heavy atom. The van der Waals surface area contributed by atoms with E-state index in [2.05, 4.69) is 10.3 Å². The average Bonchev–Trinajstić information content (AvgIpc) is 2.72. The molecular formula is C12H10ClF3N2S. The van der Waals surface area contributed by atoms with E-state index in [1.54, 1.807) is 11.3 Å². The van der Waals surface area contributed by atoms with Crippen molar-refractivity contribution in [2.24, 2.45) is 0 Å². The van der Waals surface area contributed by atoms with Gasteiger partial charge in [-0.1, -0.05) is 11.6 Å².